The minimum Gasteiger partial charge on any atom is -0.444 e. The molecule has 0 radical (unpaired) electrons. The minimum atomic E-state index is -0.470. The van der Waals surface area contributed by atoms with Gasteiger partial charge < -0.3 is 15.0 Å². The van der Waals surface area contributed by atoms with E-state index >= 15 is 0 Å². The van der Waals surface area contributed by atoms with Crippen molar-refractivity contribution in [3.63, 3.8) is 0 Å². The van der Waals surface area contributed by atoms with E-state index in [0.29, 0.717) is 17.5 Å². The van der Waals surface area contributed by atoms with Crippen molar-refractivity contribution in [2.45, 2.75) is 39.2 Å². The van der Waals surface area contributed by atoms with Crippen LogP contribution in [0.5, 0.6) is 0 Å². The summed E-state index contributed by atoms with van der Waals surface area (Å²) in [5.74, 6) is 0.361. The molecule has 1 aliphatic heterocycles. The Hall–Kier alpha value is -1.47. The number of Topliss-reactive ketones (excluding diaryl/α,β-unsaturated/α-hetero) is 1. The van der Waals surface area contributed by atoms with Gasteiger partial charge in [-0.05, 0) is 39.5 Å². The van der Waals surface area contributed by atoms with E-state index in [1.807, 2.05) is 20.8 Å². The van der Waals surface area contributed by atoms with Crippen LogP contribution in [0.4, 0.5) is 4.79 Å². The number of ether oxygens (including phenoxy) is 1. The first-order valence-corrected chi connectivity index (χ1v) is 8.84. The second kappa shape index (κ2) is 7.88. The van der Waals surface area contributed by atoms with E-state index in [-0.39, 0.29) is 18.4 Å². The Labute approximate surface area is 141 Å². The molecular formula is C16H25N3O3S. The van der Waals surface area contributed by atoms with Gasteiger partial charge in [0.05, 0.1) is 6.54 Å². The first kappa shape index (κ1) is 17.9. The van der Waals surface area contributed by atoms with Crippen LogP contribution in [0.3, 0.4) is 0 Å². The molecule has 0 aromatic carbocycles. The molecule has 0 spiro atoms. The van der Waals surface area contributed by atoms with Crippen LogP contribution in [0.15, 0.2) is 11.6 Å². The number of carbonyl (C=O) groups is 2. The zero-order valence-corrected chi connectivity index (χ0v) is 14.8. The van der Waals surface area contributed by atoms with Crippen LogP contribution in [-0.4, -0.2) is 53.5 Å². The number of piperidine rings is 1. The summed E-state index contributed by atoms with van der Waals surface area (Å²) >= 11 is 1.36. The zero-order chi connectivity index (χ0) is 16.9. The van der Waals surface area contributed by atoms with Crippen molar-refractivity contribution >= 4 is 23.2 Å². The Morgan fingerprint density at radius 1 is 1.48 bits per heavy atom. The molecule has 1 amide bonds. The molecule has 1 fully saturated rings. The molecule has 1 unspecified atom stereocenters. The molecule has 2 rings (SSSR count). The number of likely N-dealkylation sites (tertiary alicyclic amines) is 1. The average molecular weight is 339 g/mol. The fourth-order valence-corrected chi connectivity index (χ4v) is 3.13. The lowest BCUT2D eigenvalue weighted by Crippen LogP contribution is -2.45. The van der Waals surface area contributed by atoms with Gasteiger partial charge in [0.25, 0.3) is 0 Å². The van der Waals surface area contributed by atoms with Crippen molar-refractivity contribution in [3.05, 3.63) is 16.6 Å². The van der Waals surface area contributed by atoms with Gasteiger partial charge in [0.15, 0.2) is 5.01 Å². The molecule has 0 saturated carbocycles. The predicted molar refractivity (Wildman–Crippen MR) is 89.8 cm³/mol. The standard InChI is InChI=1S/C16H25N3O3S/c1-16(2,3)22-15(21)19-7-4-5-12(11-19)9-17-10-13(20)14-18-6-8-23-14/h6,8,12,17H,4-5,7,9-11H2,1-3H3. The molecule has 1 aliphatic rings. The topological polar surface area (TPSA) is 71.5 Å². The number of thiazole rings is 1. The average Bonchev–Trinajstić information content (AvgIpc) is 3.00. The Balaban J connectivity index is 1.73. The molecule has 1 N–H and O–H groups in total. The summed E-state index contributed by atoms with van der Waals surface area (Å²) in [5.41, 5.74) is -0.470. The molecule has 0 bridgehead atoms. The van der Waals surface area contributed by atoms with Gasteiger partial charge in [-0.15, -0.1) is 11.3 Å². The Morgan fingerprint density at radius 3 is 2.91 bits per heavy atom. The SMILES string of the molecule is CC(C)(C)OC(=O)N1CCCC(CNCC(=O)c2nccs2)C1. The summed E-state index contributed by atoms with van der Waals surface area (Å²) in [5, 5.41) is 5.53. The minimum absolute atomic E-state index is 0.0137. The fourth-order valence-electron chi connectivity index (χ4n) is 2.55. The van der Waals surface area contributed by atoms with Crippen molar-refractivity contribution in [1.82, 2.24) is 15.2 Å². The lowest BCUT2D eigenvalue weighted by molar-refractivity contribution is 0.0166. The highest BCUT2D eigenvalue weighted by Gasteiger charge is 2.27. The number of nitrogens with zero attached hydrogens (tertiary/aromatic N) is 2. The van der Waals surface area contributed by atoms with Crippen LogP contribution < -0.4 is 5.32 Å². The van der Waals surface area contributed by atoms with Gasteiger partial charge in [-0.2, -0.15) is 0 Å². The largest absolute Gasteiger partial charge is 0.444 e. The van der Waals surface area contributed by atoms with Gasteiger partial charge in [-0.3, -0.25) is 4.79 Å². The molecule has 7 heteroatoms. The molecule has 1 saturated heterocycles. The number of carbonyl (C=O) groups excluding carboxylic acids is 2. The van der Waals surface area contributed by atoms with E-state index in [1.54, 1.807) is 16.5 Å². The lowest BCUT2D eigenvalue weighted by atomic mass is 9.98. The Morgan fingerprint density at radius 2 is 2.26 bits per heavy atom. The molecule has 23 heavy (non-hydrogen) atoms. The van der Waals surface area contributed by atoms with Crippen molar-refractivity contribution < 1.29 is 14.3 Å². The predicted octanol–water partition coefficient (Wildman–Crippen LogP) is 2.56. The van der Waals surface area contributed by atoms with Crippen molar-refractivity contribution in [3.8, 4) is 0 Å². The number of aromatic nitrogens is 1. The molecular weight excluding hydrogens is 314 g/mol. The molecule has 6 nitrogen and oxygen atoms in total. The third-order valence-electron chi connectivity index (χ3n) is 3.56. The van der Waals surface area contributed by atoms with Crippen LogP contribution >= 0.6 is 11.3 Å². The highest BCUT2D eigenvalue weighted by Crippen LogP contribution is 2.18. The summed E-state index contributed by atoms with van der Waals surface area (Å²) in [7, 11) is 0. The second-order valence-electron chi connectivity index (χ2n) is 6.83. The smallest absolute Gasteiger partial charge is 0.410 e. The summed E-state index contributed by atoms with van der Waals surface area (Å²) in [6.07, 6.45) is 3.41. The van der Waals surface area contributed by atoms with Gasteiger partial charge in [0.1, 0.15) is 5.60 Å². The monoisotopic (exact) mass is 339 g/mol. The van der Waals surface area contributed by atoms with E-state index in [9.17, 15) is 9.59 Å². The number of amides is 1. The van der Waals surface area contributed by atoms with Crippen LogP contribution in [0.1, 0.15) is 43.4 Å². The maximum Gasteiger partial charge on any atom is 0.410 e. The van der Waals surface area contributed by atoms with Gasteiger partial charge in [-0.1, -0.05) is 0 Å². The normalized spacial score (nSPS) is 18.7. The van der Waals surface area contributed by atoms with Gasteiger partial charge >= 0.3 is 6.09 Å². The quantitative estimate of drug-likeness (QED) is 0.835. The zero-order valence-electron chi connectivity index (χ0n) is 14.0. The van der Waals surface area contributed by atoms with Gasteiger partial charge in [-0.25, -0.2) is 9.78 Å². The van der Waals surface area contributed by atoms with Crippen LogP contribution in [0.25, 0.3) is 0 Å². The highest BCUT2D eigenvalue weighted by molar-refractivity contribution is 7.11. The van der Waals surface area contributed by atoms with Crippen molar-refractivity contribution in [1.29, 1.82) is 0 Å². The maximum absolute atomic E-state index is 12.1. The number of ketones is 1. The van der Waals surface area contributed by atoms with Crippen molar-refractivity contribution in [2.24, 2.45) is 5.92 Å². The van der Waals surface area contributed by atoms with Crippen LogP contribution in [-0.2, 0) is 4.74 Å². The lowest BCUT2D eigenvalue weighted by Gasteiger charge is -2.34. The molecule has 128 valence electrons. The Bertz CT molecular complexity index is 525. The maximum atomic E-state index is 12.1. The third kappa shape index (κ3) is 5.91. The van der Waals surface area contributed by atoms with E-state index in [1.165, 1.54) is 11.3 Å². The summed E-state index contributed by atoms with van der Waals surface area (Å²) in [4.78, 5) is 29.8. The first-order valence-electron chi connectivity index (χ1n) is 7.96. The van der Waals surface area contributed by atoms with Gasteiger partial charge in [0, 0.05) is 31.2 Å². The van der Waals surface area contributed by atoms with Gasteiger partial charge in [0.2, 0.25) is 5.78 Å². The molecule has 1 atom stereocenters. The molecule has 2 heterocycles. The summed E-state index contributed by atoms with van der Waals surface area (Å²) in [6, 6.07) is 0. The number of rotatable bonds is 5. The molecule has 1 aromatic rings. The number of hydrogen-bond donors (Lipinski definition) is 1. The molecule has 1 aromatic heterocycles. The van der Waals surface area contributed by atoms with E-state index in [2.05, 4.69) is 10.3 Å². The van der Waals surface area contributed by atoms with E-state index < -0.39 is 5.60 Å². The molecule has 0 aliphatic carbocycles. The van der Waals surface area contributed by atoms with Crippen LogP contribution in [0.2, 0.25) is 0 Å². The highest BCUT2D eigenvalue weighted by atomic mass is 32.1. The Kier molecular flexibility index (Phi) is 6.12. The first-order chi connectivity index (χ1) is 10.8. The summed E-state index contributed by atoms with van der Waals surface area (Å²) in [6.45, 7) is 8.04. The van der Waals surface area contributed by atoms with E-state index in [0.717, 1.165) is 25.9 Å². The third-order valence-corrected chi connectivity index (χ3v) is 4.37. The van der Waals surface area contributed by atoms with Crippen molar-refractivity contribution in [2.75, 3.05) is 26.2 Å². The number of hydrogen-bond acceptors (Lipinski definition) is 6. The number of nitrogens with one attached hydrogen (secondary N) is 1. The van der Waals surface area contributed by atoms with E-state index in [4.69, 9.17) is 4.74 Å². The summed E-state index contributed by atoms with van der Waals surface area (Å²) < 4.78 is 5.42. The van der Waals surface area contributed by atoms with Crippen LogP contribution in [0, 0.1) is 5.92 Å². The fraction of sp³-hybridized carbons (Fsp3) is 0.688. The second-order valence-corrected chi connectivity index (χ2v) is 7.72.